The summed E-state index contributed by atoms with van der Waals surface area (Å²) in [5, 5.41) is 8.78. The fraction of sp³-hybridized carbons (Fsp3) is 0.462. The van der Waals surface area contributed by atoms with Gasteiger partial charge in [0.1, 0.15) is 0 Å². The average molecular weight is 279 g/mol. The van der Waals surface area contributed by atoms with Gasteiger partial charge >= 0.3 is 5.97 Å². The van der Waals surface area contributed by atoms with Crippen molar-refractivity contribution in [2.24, 2.45) is 0 Å². The molecule has 20 heavy (non-hydrogen) atoms. The Bertz CT molecular complexity index is 555. The Kier molecular flexibility index (Phi) is 4.52. The minimum absolute atomic E-state index is 0.00691. The number of H-pyrrole nitrogens is 1. The molecule has 1 amide bonds. The van der Waals surface area contributed by atoms with Gasteiger partial charge in [-0.15, -0.1) is 0 Å². The molecule has 0 aromatic carbocycles. The van der Waals surface area contributed by atoms with Crippen LogP contribution in [-0.2, 0) is 4.79 Å². The van der Waals surface area contributed by atoms with Gasteiger partial charge < -0.3 is 15.0 Å². The summed E-state index contributed by atoms with van der Waals surface area (Å²) in [4.78, 5) is 40.1. The number of aliphatic carboxylic acids is 1. The fourth-order valence-electron chi connectivity index (χ4n) is 2.28. The van der Waals surface area contributed by atoms with Gasteiger partial charge in [-0.05, 0) is 12.5 Å². The minimum Gasteiger partial charge on any atom is -0.480 e. The summed E-state index contributed by atoms with van der Waals surface area (Å²) in [5.74, 6) is -1.05. The first-order valence-corrected chi connectivity index (χ1v) is 6.48. The quantitative estimate of drug-likeness (QED) is 0.785. The summed E-state index contributed by atoms with van der Waals surface area (Å²) in [7, 11) is 0. The Morgan fingerprint density at radius 2 is 2.05 bits per heavy atom. The summed E-state index contributed by atoms with van der Waals surface area (Å²) in [6, 6.07) is 2.85. The number of aromatic nitrogens is 1. The van der Waals surface area contributed by atoms with E-state index in [9.17, 15) is 14.4 Å². The third-order valence-corrected chi connectivity index (χ3v) is 3.26. The number of carboxylic acids is 1. The van der Waals surface area contributed by atoms with Crippen LogP contribution in [0.4, 0.5) is 0 Å². The first-order valence-electron chi connectivity index (χ1n) is 6.48. The van der Waals surface area contributed by atoms with Gasteiger partial charge in [-0.2, -0.15) is 0 Å². The maximum Gasteiger partial charge on any atom is 0.317 e. The van der Waals surface area contributed by atoms with E-state index >= 15 is 0 Å². The molecule has 108 valence electrons. The SMILES string of the molecule is O=C(O)CN1CCCN(C(=O)c2cc[nH]c(=O)c2)CC1. The van der Waals surface area contributed by atoms with Gasteiger partial charge in [0.2, 0.25) is 5.56 Å². The molecule has 1 aromatic heterocycles. The van der Waals surface area contributed by atoms with E-state index in [1.54, 1.807) is 11.0 Å². The zero-order chi connectivity index (χ0) is 14.5. The van der Waals surface area contributed by atoms with Crippen LogP contribution in [0.5, 0.6) is 0 Å². The smallest absolute Gasteiger partial charge is 0.317 e. The highest BCUT2D eigenvalue weighted by atomic mass is 16.4. The molecule has 0 unspecified atom stereocenters. The molecule has 0 radical (unpaired) electrons. The molecule has 0 bridgehead atoms. The molecule has 1 fully saturated rings. The van der Waals surface area contributed by atoms with E-state index in [1.807, 2.05) is 4.90 Å². The predicted molar refractivity (Wildman–Crippen MR) is 71.7 cm³/mol. The number of rotatable bonds is 3. The van der Waals surface area contributed by atoms with Crippen LogP contribution in [0.2, 0.25) is 0 Å². The van der Waals surface area contributed by atoms with Crippen molar-refractivity contribution in [2.75, 3.05) is 32.7 Å². The highest BCUT2D eigenvalue weighted by molar-refractivity contribution is 5.94. The van der Waals surface area contributed by atoms with Crippen molar-refractivity contribution < 1.29 is 14.7 Å². The standard InChI is InChI=1S/C13H17N3O4/c17-11-8-10(2-3-14-11)13(20)16-5-1-4-15(6-7-16)9-12(18)19/h2-3,8H,1,4-7,9H2,(H,14,17)(H,18,19). The van der Waals surface area contributed by atoms with E-state index in [4.69, 9.17) is 5.11 Å². The lowest BCUT2D eigenvalue weighted by Crippen LogP contribution is -2.37. The fourth-order valence-corrected chi connectivity index (χ4v) is 2.28. The van der Waals surface area contributed by atoms with E-state index in [0.717, 1.165) is 6.42 Å². The second-order valence-corrected chi connectivity index (χ2v) is 4.76. The maximum atomic E-state index is 12.3. The molecular formula is C13H17N3O4. The number of pyridine rings is 1. The topological polar surface area (TPSA) is 93.7 Å². The van der Waals surface area contributed by atoms with Crippen LogP contribution in [0.3, 0.4) is 0 Å². The molecule has 2 N–H and O–H groups in total. The van der Waals surface area contributed by atoms with E-state index in [2.05, 4.69) is 4.98 Å². The van der Waals surface area contributed by atoms with Gasteiger partial charge in [-0.25, -0.2) is 0 Å². The first kappa shape index (κ1) is 14.3. The lowest BCUT2D eigenvalue weighted by molar-refractivity contribution is -0.138. The molecule has 2 heterocycles. The summed E-state index contributed by atoms with van der Waals surface area (Å²) >= 11 is 0. The molecule has 0 spiro atoms. The van der Waals surface area contributed by atoms with Crippen LogP contribution >= 0.6 is 0 Å². The summed E-state index contributed by atoms with van der Waals surface area (Å²) < 4.78 is 0. The Morgan fingerprint density at radius 1 is 1.25 bits per heavy atom. The lowest BCUT2D eigenvalue weighted by atomic mass is 10.2. The molecule has 1 aliphatic rings. The number of nitrogens with one attached hydrogen (secondary N) is 1. The number of carbonyl (C=O) groups excluding carboxylic acids is 1. The zero-order valence-electron chi connectivity index (χ0n) is 11.0. The monoisotopic (exact) mass is 279 g/mol. The van der Waals surface area contributed by atoms with Gasteiger partial charge in [-0.1, -0.05) is 0 Å². The zero-order valence-corrected chi connectivity index (χ0v) is 11.0. The number of hydrogen-bond acceptors (Lipinski definition) is 4. The van der Waals surface area contributed by atoms with Crippen molar-refractivity contribution in [2.45, 2.75) is 6.42 Å². The second-order valence-electron chi connectivity index (χ2n) is 4.76. The van der Waals surface area contributed by atoms with Crippen LogP contribution in [0.25, 0.3) is 0 Å². The summed E-state index contributed by atoms with van der Waals surface area (Å²) in [6.45, 7) is 2.22. The number of aromatic amines is 1. The van der Waals surface area contributed by atoms with Crippen molar-refractivity contribution in [1.82, 2.24) is 14.8 Å². The summed E-state index contributed by atoms with van der Waals surface area (Å²) in [5.41, 5.74) is 0.0543. The lowest BCUT2D eigenvalue weighted by Gasteiger charge is -2.21. The van der Waals surface area contributed by atoms with Crippen molar-refractivity contribution in [3.8, 4) is 0 Å². The van der Waals surface area contributed by atoms with Crippen molar-refractivity contribution >= 4 is 11.9 Å². The largest absolute Gasteiger partial charge is 0.480 e. The second kappa shape index (κ2) is 6.33. The molecular weight excluding hydrogens is 262 g/mol. The van der Waals surface area contributed by atoms with Gasteiger partial charge in [0.15, 0.2) is 0 Å². The number of amides is 1. The number of carbonyl (C=O) groups is 2. The first-order chi connectivity index (χ1) is 9.56. The molecule has 0 aliphatic carbocycles. The number of nitrogens with zero attached hydrogens (tertiary/aromatic N) is 2. The van der Waals surface area contributed by atoms with Crippen LogP contribution in [0.15, 0.2) is 23.1 Å². The Hall–Kier alpha value is -2.15. The van der Waals surface area contributed by atoms with Gasteiger partial charge in [0.05, 0.1) is 6.54 Å². The Labute approximate surface area is 115 Å². The van der Waals surface area contributed by atoms with Gasteiger partial charge in [-0.3, -0.25) is 19.3 Å². The van der Waals surface area contributed by atoms with Crippen LogP contribution in [-0.4, -0.2) is 64.5 Å². The average Bonchev–Trinajstić information content (AvgIpc) is 2.63. The molecule has 7 nitrogen and oxygen atoms in total. The molecule has 0 saturated carbocycles. The van der Waals surface area contributed by atoms with E-state index in [0.29, 0.717) is 31.7 Å². The number of hydrogen-bond donors (Lipinski definition) is 2. The van der Waals surface area contributed by atoms with Crippen LogP contribution in [0, 0.1) is 0 Å². The normalized spacial score (nSPS) is 16.7. The van der Waals surface area contributed by atoms with E-state index < -0.39 is 5.97 Å². The molecule has 0 atom stereocenters. The molecule has 1 aromatic rings. The van der Waals surface area contributed by atoms with E-state index in [-0.39, 0.29) is 18.0 Å². The van der Waals surface area contributed by atoms with E-state index in [1.165, 1.54) is 12.3 Å². The highest BCUT2D eigenvalue weighted by Gasteiger charge is 2.21. The molecule has 1 saturated heterocycles. The predicted octanol–water partition coefficient (Wildman–Crippen LogP) is -0.393. The van der Waals surface area contributed by atoms with Crippen molar-refractivity contribution in [3.05, 3.63) is 34.2 Å². The summed E-state index contributed by atoms with van der Waals surface area (Å²) in [6.07, 6.45) is 2.17. The number of carboxylic acid groups (broad SMARTS) is 1. The van der Waals surface area contributed by atoms with Crippen LogP contribution < -0.4 is 5.56 Å². The third-order valence-electron chi connectivity index (χ3n) is 3.26. The van der Waals surface area contributed by atoms with Crippen molar-refractivity contribution in [1.29, 1.82) is 0 Å². The van der Waals surface area contributed by atoms with Crippen molar-refractivity contribution in [3.63, 3.8) is 0 Å². The minimum atomic E-state index is -0.862. The highest BCUT2D eigenvalue weighted by Crippen LogP contribution is 2.07. The van der Waals surface area contributed by atoms with Gasteiger partial charge in [0, 0.05) is 44.0 Å². The molecule has 2 rings (SSSR count). The van der Waals surface area contributed by atoms with Gasteiger partial charge in [0.25, 0.3) is 5.91 Å². The molecule has 7 heteroatoms. The Morgan fingerprint density at radius 3 is 2.75 bits per heavy atom. The Balaban J connectivity index is 2.01. The maximum absolute atomic E-state index is 12.3. The molecule has 1 aliphatic heterocycles. The third kappa shape index (κ3) is 3.67. The van der Waals surface area contributed by atoms with Crippen LogP contribution in [0.1, 0.15) is 16.8 Å².